The fourth-order valence-corrected chi connectivity index (χ4v) is 1.30. The fourth-order valence-electron chi connectivity index (χ4n) is 1.30. The van der Waals surface area contributed by atoms with Crippen molar-refractivity contribution < 1.29 is 4.74 Å². The van der Waals surface area contributed by atoms with Gasteiger partial charge in [0.25, 0.3) is 0 Å². The van der Waals surface area contributed by atoms with Crippen molar-refractivity contribution in [2.24, 2.45) is 0 Å². The Morgan fingerprint density at radius 2 is 1.86 bits per heavy atom. The van der Waals surface area contributed by atoms with Crippen LogP contribution < -0.4 is 5.32 Å². The van der Waals surface area contributed by atoms with Crippen molar-refractivity contribution in [3.8, 4) is 0 Å². The second-order valence-corrected chi connectivity index (χ2v) is 3.69. The van der Waals surface area contributed by atoms with E-state index in [2.05, 4.69) is 38.2 Å². The number of benzene rings is 1. The van der Waals surface area contributed by atoms with Crippen molar-refractivity contribution in [3.63, 3.8) is 0 Å². The summed E-state index contributed by atoms with van der Waals surface area (Å²) in [5, 5.41) is 3.44. The second-order valence-electron chi connectivity index (χ2n) is 3.69. The number of para-hydroxylation sites is 1. The SMILES string of the molecule is COC(C)C(C)Nc1ccccc1C. The Labute approximate surface area is 86.3 Å². The summed E-state index contributed by atoms with van der Waals surface area (Å²) in [5.41, 5.74) is 2.45. The third kappa shape index (κ3) is 2.74. The first-order valence-electron chi connectivity index (χ1n) is 5.00. The lowest BCUT2D eigenvalue weighted by Crippen LogP contribution is -2.29. The van der Waals surface area contributed by atoms with Crippen LogP contribution in [0.3, 0.4) is 0 Å². The molecule has 0 radical (unpaired) electrons. The zero-order valence-corrected chi connectivity index (χ0v) is 9.37. The van der Waals surface area contributed by atoms with Gasteiger partial charge in [0.15, 0.2) is 0 Å². The molecule has 14 heavy (non-hydrogen) atoms. The molecule has 0 heterocycles. The van der Waals surface area contributed by atoms with E-state index in [0.717, 1.165) is 0 Å². The molecule has 2 unspecified atom stereocenters. The topological polar surface area (TPSA) is 21.3 Å². The zero-order valence-electron chi connectivity index (χ0n) is 9.37. The quantitative estimate of drug-likeness (QED) is 0.794. The van der Waals surface area contributed by atoms with E-state index in [1.807, 2.05) is 12.1 Å². The summed E-state index contributed by atoms with van der Waals surface area (Å²) in [6.07, 6.45) is 0.217. The number of nitrogens with one attached hydrogen (secondary N) is 1. The monoisotopic (exact) mass is 193 g/mol. The number of rotatable bonds is 4. The molecule has 0 fully saturated rings. The standard InChI is InChI=1S/C12H19NO/c1-9-7-5-6-8-12(9)13-10(2)11(3)14-4/h5-8,10-11,13H,1-4H3. The highest BCUT2D eigenvalue weighted by atomic mass is 16.5. The molecule has 1 N–H and O–H groups in total. The molecular formula is C12H19NO. The predicted octanol–water partition coefficient (Wildman–Crippen LogP) is 2.83. The molecule has 1 rings (SSSR count). The Balaban J connectivity index is 2.64. The van der Waals surface area contributed by atoms with Gasteiger partial charge >= 0.3 is 0 Å². The lowest BCUT2D eigenvalue weighted by atomic mass is 10.1. The summed E-state index contributed by atoms with van der Waals surface area (Å²) in [5.74, 6) is 0. The molecular weight excluding hydrogens is 174 g/mol. The van der Waals surface area contributed by atoms with E-state index in [0.29, 0.717) is 6.04 Å². The first kappa shape index (κ1) is 11.1. The van der Waals surface area contributed by atoms with Crippen LogP contribution in [0.15, 0.2) is 24.3 Å². The van der Waals surface area contributed by atoms with Gasteiger partial charge in [0.1, 0.15) is 0 Å². The van der Waals surface area contributed by atoms with Crippen LogP contribution >= 0.6 is 0 Å². The number of hydrogen-bond donors (Lipinski definition) is 1. The van der Waals surface area contributed by atoms with Crippen LogP contribution in [-0.2, 0) is 4.74 Å². The van der Waals surface area contributed by atoms with Crippen molar-refractivity contribution in [2.45, 2.75) is 32.9 Å². The maximum atomic E-state index is 5.26. The Bertz CT molecular complexity index is 285. The summed E-state index contributed by atoms with van der Waals surface area (Å²) < 4.78 is 5.26. The first-order chi connectivity index (χ1) is 6.65. The van der Waals surface area contributed by atoms with Crippen LogP contribution in [0.2, 0.25) is 0 Å². The van der Waals surface area contributed by atoms with Crippen molar-refractivity contribution in [1.82, 2.24) is 0 Å². The summed E-state index contributed by atoms with van der Waals surface area (Å²) in [4.78, 5) is 0. The summed E-state index contributed by atoms with van der Waals surface area (Å²) in [7, 11) is 1.74. The number of hydrogen-bond acceptors (Lipinski definition) is 2. The van der Waals surface area contributed by atoms with Crippen LogP contribution in [0.4, 0.5) is 5.69 Å². The maximum Gasteiger partial charge on any atom is 0.0741 e. The average molecular weight is 193 g/mol. The van der Waals surface area contributed by atoms with Gasteiger partial charge in [-0.2, -0.15) is 0 Å². The minimum Gasteiger partial charge on any atom is -0.380 e. The van der Waals surface area contributed by atoms with Gasteiger partial charge in [-0.05, 0) is 32.4 Å². The van der Waals surface area contributed by atoms with Gasteiger partial charge in [0.05, 0.1) is 6.10 Å². The summed E-state index contributed by atoms with van der Waals surface area (Å²) in [6.45, 7) is 6.29. The van der Waals surface area contributed by atoms with E-state index in [4.69, 9.17) is 4.74 Å². The van der Waals surface area contributed by atoms with Gasteiger partial charge in [-0.25, -0.2) is 0 Å². The molecule has 0 saturated carbocycles. The van der Waals surface area contributed by atoms with E-state index in [1.54, 1.807) is 7.11 Å². The predicted molar refractivity (Wildman–Crippen MR) is 60.7 cm³/mol. The van der Waals surface area contributed by atoms with Crippen molar-refractivity contribution >= 4 is 5.69 Å². The Morgan fingerprint density at radius 3 is 2.43 bits per heavy atom. The molecule has 0 bridgehead atoms. The van der Waals surface area contributed by atoms with Gasteiger partial charge in [-0.1, -0.05) is 18.2 Å². The molecule has 1 aromatic rings. The summed E-state index contributed by atoms with van der Waals surface area (Å²) in [6, 6.07) is 8.60. The largest absolute Gasteiger partial charge is 0.380 e. The number of aryl methyl sites for hydroxylation is 1. The van der Waals surface area contributed by atoms with Gasteiger partial charge in [0, 0.05) is 18.8 Å². The van der Waals surface area contributed by atoms with Crippen LogP contribution in [0.5, 0.6) is 0 Å². The van der Waals surface area contributed by atoms with Crippen LogP contribution in [0, 0.1) is 6.92 Å². The van der Waals surface area contributed by atoms with E-state index < -0.39 is 0 Å². The highest BCUT2D eigenvalue weighted by Crippen LogP contribution is 2.15. The van der Waals surface area contributed by atoms with Crippen molar-refractivity contribution in [1.29, 1.82) is 0 Å². The third-order valence-corrected chi connectivity index (χ3v) is 2.60. The zero-order chi connectivity index (χ0) is 10.6. The molecule has 0 aliphatic carbocycles. The molecule has 2 heteroatoms. The van der Waals surface area contributed by atoms with E-state index >= 15 is 0 Å². The Morgan fingerprint density at radius 1 is 1.21 bits per heavy atom. The molecule has 2 nitrogen and oxygen atoms in total. The second kappa shape index (κ2) is 5.01. The average Bonchev–Trinajstić information content (AvgIpc) is 2.20. The Hall–Kier alpha value is -1.02. The number of ether oxygens (including phenoxy) is 1. The third-order valence-electron chi connectivity index (χ3n) is 2.60. The van der Waals surface area contributed by atoms with Crippen molar-refractivity contribution in [2.75, 3.05) is 12.4 Å². The molecule has 1 aromatic carbocycles. The van der Waals surface area contributed by atoms with Crippen molar-refractivity contribution in [3.05, 3.63) is 29.8 Å². The fraction of sp³-hybridized carbons (Fsp3) is 0.500. The maximum absolute atomic E-state index is 5.26. The molecule has 2 atom stereocenters. The van der Waals surface area contributed by atoms with Crippen LogP contribution in [0.1, 0.15) is 19.4 Å². The van der Waals surface area contributed by atoms with Gasteiger partial charge in [-0.15, -0.1) is 0 Å². The molecule has 0 saturated heterocycles. The molecule has 0 amide bonds. The van der Waals surface area contributed by atoms with Gasteiger partial charge < -0.3 is 10.1 Å². The summed E-state index contributed by atoms with van der Waals surface area (Å²) >= 11 is 0. The molecule has 0 aliphatic rings. The van der Waals surface area contributed by atoms with Gasteiger partial charge in [0.2, 0.25) is 0 Å². The van der Waals surface area contributed by atoms with E-state index in [-0.39, 0.29) is 6.10 Å². The molecule has 0 aromatic heterocycles. The van der Waals surface area contributed by atoms with Gasteiger partial charge in [-0.3, -0.25) is 0 Å². The molecule has 78 valence electrons. The van der Waals surface area contributed by atoms with E-state index in [9.17, 15) is 0 Å². The highest BCUT2D eigenvalue weighted by Gasteiger charge is 2.10. The minimum absolute atomic E-state index is 0.217. The lowest BCUT2D eigenvalue weighted by molar-refractivity contribution is 0.106. The minimum atomic E-state index is 0.217. The Kier molecular flexibility index (Phi) is 3.96. The highest BCUT2D eigenvalue weighted by molar-refractivity contribution is 5.50. The molecule has 0 spiro atoms. The van der Waals surface area contributed by atoms with E-state index in [1.165, 1.54) is 11.3 Å². The smallest absolute Gasteiger partial charge is 0.0741 e. The number of anilines is 1. The van der Waals surface area contributed by atoms with Crippen LogP contribution in [-0.4, -0.2) is 19.3 Å². The molecule has 0 aliphatic heterocycles. The lowest BCUT2D eigenvalue weighted by Gasteiger charge is -2.22. The normalized spacial score (nSPS) is 14.9. The first-order valence-corrected chi connectivity index (χ1v) is 5.00. The van der Waals surface area contributed by atoms with Crippen LogP contribution in [0.25, 0.3) is 0 Å². The number of methoxy groups -OCH3 is 1.